The fourth-order valence-electron chi connectivity index (χ4n) is 2.64. The molecule has 3 heteroatoms. The zero-order chi connectivity index (χ0) is 14.8. The van der Waals surface area contributed by atoms with Gasteiger partial charge >= 0.3 is 0 Å². The Morgan fingerprint density at radius 1 is 1.14 bits per heavy atom. The van der Waals surface area contributed by atoms with Gasteiger partial charge in [0.1, 0.15) is 11.5 Å². The van der Waals surface area contributed by atoms with Gasteiger partial charge in [-0.25, -0.2) is 0 Å². The van der Waals surface area contributed by atoms with Crippen molar-refractivity contribution in [2.24, 2.45) is 0 Å². The molecule has 2 aromatic carbocycles. The number of phenolic OH excluding ortho intramolecular Hbond substituents is 1. The third kappa shape index (κ3) is 2.68. The van der Waals surface area contributed by atoms with Gasteiger partial charge in [-0.2, -0.15) is 0 Å². The molecule has 1 aliphatic rings. The van der Waals surface area contributed by atoms with Gasteiger partial charge in [-0.1, -0.05) is 18.2 Å². The van der Waals surface area contributed by atoms with E-state index in [1.54, 1.807) is 25.3 Å². The van der Waals surface area contributed by atoms with Gasteiger partial charge in [-0.05, 0) is 53.5 Å². The van der Waals surface area contributed by atoms with E-state index in [9.17, 15) is 9.90 Å². The maximum absolute atomic E-state index is 12.2. The highest BCUT2D eigenvalue weighted by atomic mass is 16.5. The van der Waals surface area contributed by atoms with Crippen molar-refractivity contribution in [2.45, 2.75) is 12.8 Å². The van der Waals surface area contributed by atoms with Gasteiger partial charge in [-0.3, -0.25) is 4.79 Å². The molecule has 2 aromatic rings. The van der Waals surface area contributed by atoms with E-state index in [4.69, 9.17) is 4.74 Å². The van der Waals surface area contributed by atoms with Crippen molar-refractivity contribution in [2.75, 3.05) is 7.11 Å². The highest BCUT2D eigenvalue weighted by Gasteiger charge is 2.21. The number of benzene rings is 2. The number of allylic oxidation sites excluding steroid dienone is 1. The minimum atomic E-state index is 0.135. The van der Waals surface area contributed by atoms with E-state index in [0.717, 1.165) is 28.9 Å². The molecule has 0 atom stereocenters. The summed E-state index contributed by atoms with van der Waals surface area (Å²) in [6.07, 6.45) is 3.08. The van der Waals surface area contributed by atoms with E-state index in [-0.39, 0.29) is 11.5 Å². The van der Waals surface area contributed by atoms with Crippen LogP contribution < -0.4 is 4.74 Å². The predicted octanol–water partition coefficient (Wildman–Crippen LogP) is 3.46. The molecule has 0 radical (unpaired) electrons. The molecule has 0 amide bonds. The van der Waals surface area contributed by atoms with E-state index < -0.39 is 0 Å². The van der Waals surface area contributed by atoms with Gasteiger partial charge in [0.25, 0.3) is 0 Å². The molecule has 1 aliphatic carbocycles. The number of hydrogen-bond donors (Lipinski definition) is 1. The summed E-state index contributed by atoms with van der Waals surface area (Å²) in [5.41, 5.74) is 3.60. The maximum Gasteiger partial charge on any atom is 0.163 e. The summed E-state index contributed by atoms with van der Waals surface area (Å²) in [4.78, 5) is 12.2. The monoisotopic (exact) mass is 280 g/mol. The van der Waals surface area contributed by atoms with Gasteiger partial charge in [0, 0.05) is 12.0 Å². The van der Waals surface area contributed by atoms with Gasteiger partial charge in [-0.15, -0.1) is 0 Å². The molecule has 0 heterocycles. The second kappa shape index (κ2) is 5.44. The van der Waals surface area contributed by atoms with Gasteiger partial charge in [0.15, 0.2) is 5.78 Å². The molecule has 21 heavy (non-hydrogen) atoms. The molecular weight excluding hydrogens is 264 g/mol. The summed E-state index contributed by atoms with van der Waals surface area (Å²) < 4.78 is 5.24. The number of methoxy groups -OCH3 is 1. The number of Topliss-reactive ketones (excluding diaryl/α,β-unsaturated/α-hetero) is 1. The van der Waals surface area contributed by atoms with Crippen LogP contribution in [0.4, 0.5) is 0 Å². The molecule has 3 nitrogen and oxygen atoms in total. The minimum absolute atomic E-state index is 0.135. The van der Waals surface area contributed by atoms with E-state index in [1.807, 2.05) is 30.3 Å². The molecule has 0 unspecified atom stereocenters. The van der Waals surface area contributed by atoms with Gasteiger partial charge in [0.05, 0.1) is 7.11 Å². The summed E-state index contributed by atoms with van der Waals surface area (Å²) in [6.45, 7) is 0. The predicted molar refractivity (Wildman–Crippen MR) is 82.3 cm³/mol. The number of phenols is 1. The Labute approximate surface area is 123 Å². The van der Waals surface area contributed by atoms with E-state index >= 15 is 0 Å². The van der Waals surface area contributed by atoms with Crippen LogP contribution in [0.2, 0.25) is 0 Å². The lowest BCUT2D eigenvalue weighted by Gasteiger charge is -2.19. The smallest absolute Gasteiger partial charge is 0.163 e. The fraction of sp³-hybridized carbons (Fsp3) is 0.167. The number of aromatic hydroxyl groups is 1. The Morgan fingerprint density at radius 2 is 2.00 bits per heavy atom. The number of rotatable bonds is 2. The number of hydrogen-bond acceptors (Lipinski definition) is 3. The number of fused-ring (bicyclic) bond motifs is 1. The van der Waals surface area contributed by atoms with Crippen LogP contribution in [-0.2, 0) is 11.2 Å². The molecule has 0 fully saturated rings. The SMILES string of the molecule is COc1ccc2c(c1)CCC(=O)/C2=C/c1cccc(O)c1. The first-order chi connectivity index (χ1) is 10.2. The van der Waals surface area contributed by atoms with E-state index in [0.29, 0.717) is 12.0 Å². The molecule has 106 valence electrons. The summed E-state index contributed by atoms with van der Waals surface area (Å²) in [7, 11) is 1.64. The summed E-state index contributed by atoms with van der Waals surface area (Å²) >= 11 is 0. The lowest BCUT2D eigenvalue weighted by Crippen LogP contribution is -2.12. The van der Waals surface area contributed by atoms with Crippen molar-refractivity contribution >= 4 is 17.4 Å². The molecule has 0 saturated heterocycles. The third-order valence-corrected chi connectivity index (χ3v) is 3.71. The Morgan fingerprint density at radius 3 is 2.76 bits per heavy atom. The standard InChI is InChI=1S/C18H16O3/c1-21-15-6-7-16-13(11-15)5-8-18(20)17(16)10-12-3-2-4-14(19)9-12/h2-4,6-7,9-11,19H,5,8H2,1H3/b17-10+. The summed E-state index contributed by atoms with van der Waals surface area (Å²) in [5, 5.41) is 9.54. The Bertz CT molecular complexity index is 729. The number of ether oxygens (including phenoxy) is 1. The molecule has 0 spiro atoms. The maximum atomic E-state index is 12.2. The molecule has 3 rings (SSSR count). The second-order valence-corrected chi connectivity index (χ2v) is 5.10. The van der Waals surface area contributed by atoms with Gasteiger partial charge in [0.2, 0.25) is 0 Å². The first-order valence-corrected chi connectivity index (χ1v) is 6.88. The van der Waals surface area contributed by atoms with Crippen molar-refractivity contribution in [1.29, 1.82) is 0 Å². The van der Waals surface area contributed by atoms with Crippen LogP contribution in [0.5, 0.6) is 11.5 Å². The van der Waals surface area contributed by atoms with E-state index in [1.165, 1.54) is 0 Å². The normalized spacial score (nSPS) is 15.9. The molecular formula is C18H16O3. The van der Waals surface area contributed by atoms with Crippen LogP contribution in [0.25, 0.3) is 11.6 Å². The molecule has 0 saturated carbocycles. The third-order valence-electron chi connectivity index (χ3n) is 3.71. The number of carbonyl (C=O) groups is 1. The average molecular weight is 280 g/mol. The van der Waals surface area contributed by atoms with Crippen molar-refractivity contribution < 1.29 is 14.6 Å². The number of ketones is 1. The van der Waals surface area contributed by atoms with Crippen molar-refractivity contribution in [1.82, 2.24) is 0 Å². The van der Waals surface area contributed by atoms with E-state index in [2.05, 4.69) is 0 Å². The molecule has 0 bridgehead atoms. The quantitative estimate of drug-likeness (QED) is 0.857. The summed E-state index contributed by atoms with van der Waals surface area (Å²) in [6, 6.07) is 12.7. The number of carbonyl (C=O) groups excluding carboxylic acids is 1. The molecule has 0 aromatic heterocycles. The molecule has 0 aliphatic heterocycles. The highest BCUT2D eigenvalue weighted by molar-refractivity contribution is 6.26. The average Bonchev–Trinajstić information content (AvgIpc) is 2.50. The zero-order valence-corrected chi connectivity index (χ0v) is 11.8. The largest absolute Gasteiger partial charge is 0.508 e. The van der Waals surface area contributed by atoms with Crippen LogP contribution in [-0.4, -0.2) is 18.0 Å². The first-order valence-electron chi connectivity index (χ1n) is 6.88. The van der Waals surface area contributed by atoms with Crippen LogP contribution in [0.3, 0.4) is 0 Å². The number of aryl methyl sites for hydroxylation is 1. The first kappa shape index (κ1) is 13.4. The van der Waals surface area contributed by atoms with Crippen molar-refractivity contribution in [3.8, 4) is 11.5 Å². The van der Waals surface area contributed by atoms with Crippen LogP contribution in [0.15, 0.2) is 42.5 Å². The summed E-state index contributed by atoms with van der Waals surface area (Å²) in [5.74, 6) is 1.14. The topological polar surface area (TPSA) is 46.5 Å². The van der Waals surface area contributed by atoms with Gasteiger partial charge < -0.3 is 9.84 Å². The Kier molecular flexibility index (Phi) is 3.48. The van der Waals surface area contributed by atoms with Crippen molar-refractivity contribution in [3.63, 3.8) is 0 Å². The fourth-order valence-corrected chi connectivity index (χ4v) is 2.64. The lowest BCUT2D eigenvalue weighted by atomic mass is 9.85. The van der Waals surface area contributed by atoms with Crippen molar-refractivity contribution in [3.05, 3.63) is 59.2 Å². The van der Waals surface area contributed by atoms with Crippen LogP contribution >= 0.6 is 0 Å². The Hall–Kier alpha value is -2.55. The zero-order valence-electron chi connectivity index (χ0n) is 11.8. The lowest BCUT2D eigenvalue weighted by molar-refractivity contribution is -0.113. The second-order valence-electron chi connectivity index (χ2n) is 5.10. The van der Waals surface area contributed by atoms with Crippen LogP contribution in [0.1, 0.15) is 23.1 Å². The Balaban J connectivity index is 2.09. The molecule has 1 N–H and O–H groups in total. The highest BCUT2D eigenvalue weighted by Crippen LogP contribution is 2.32. The van der Waals surface area contributed by atoms with Crippen LogP contribution in [0, 0.1) is 0 Å². The minimum Gasteiger partial charge on any atom is -0.508 e.